The van der Waals surface area contributed by atoms with Gasteiger partial charge in [0.1, 0.15) is 17.2 Å². The average Bonchev–Trinajstić information content (AvgIpc) is 4.14. The number of rotatable bonds is 8. The zero-order valence-electron chi connectivity index (χ0n) is 33.6. The number of amides is 2. The molecule has 5 aromatic rings. The minimum atomic E-state index is -4.55. The number of alkyl halides is 3. The van der Waals surface area contributed by atoms with Gasteiger partial charge in [0.25, 0.3) is 5.88 Å². The molecule has 4 aliphatic rings. The van der Waals surface area contributed by atoms with E-state index in [-0.39, 0.29) is 54.9 Å². The minimum absolute atomic E-state index is 0.0160. The van der Waals surface area contributed by atoms with Crippen LogP contribution in [0.15, 0.2) is 89.4 Å². The van der Waals surface area contributed by atoms with Crippen LogP contribution in [0.1, 0.15) is 75.3 Å². The molecular formula is C46H44ClF3N4O7S. The minimum Gasteiger partial charge on any atom is -0.470 e. The number of nitrogens with zero attached hydrogens (tertiary/aromatic N) is 3. The van der Waals surface area contributed by atoms with Gasteiger partial charge in [-0.15, -0.1) is 0 Å². The van der Waals surface area contributed by atoms with Crippen molar-refractivity contribution in [3.63, 3.8) is 0 Å². The number of furan rings is 1. The normalized spacial score (nSPS) is 25.5. The van der Waals surface area contributed by atoms with Crippen LogP contribution in [0.25, 0.3) is 33.5 Å². The van der Waals surface area contributed by atoms with Crippen molar-refractivity contribution < 1.29 is 45.1 Å². The molecule has 1 N–H and O–H groups in total. The Hall–Kier alpha value is -5.28. The van der Waals surface area contributed by atoms with Gasteiger partial charge < -0.3 is 14.1 Å². The molecule has 324 valence electrons. The highest BCUT2D eigenvalue weighted by molar-refractivity contribution is 7.90. The number of benzene rings is 3. The summed E-state index contributed by atoms with van der Waals surface area (Å²) in [6, 6.07) is 17.9. The molecule has 2 aliphatic heterocycles. The van der Waals surface area contributed by atoms with Crippen LogP contribution in [-0.4, -0.2) is 64.8 Å². The molecular weight excluding hydrogens is 845 g/mol. The number of halogens is 4. The summed E-state index contributed by atoms with van der Waals surface area (Å²) in [4.78, 5) is 54.5. The summed E-state index contributed by atoms with van der Waals surface area (Å²) in [5, 5.41) is 0.521. The molecule has 0 bridgehead atoms. The van der Waals surface area contributed by atoms with E-state index >= 15 is 0 Å². The number of Topliss-reactive ketones (excluding diaryl/α,β-unsaturated/α-hetero) is 1. The van der Waals surface area contributed by atoms with Crippen LogP contribution in [0, 0.1) is 17.3 Å². The first-order chi connectivity index (χ1) is 29.7. The van der Waals surface area contributed by atoms with E-state index in [2.05, 4.69) is 9.71 Å². The molecule has 2 aromatic heterocycles. The lowest BCUT2D eigenvalue weighted by Crippen LogP contribution is -2.46. The highest BCUT2D eigenvalue weighted by atomic mass is 35.5. The molecule has 62 heavy (non-hydrogen) atoms. The van der Waals surface area contributed by atoms with Gasteiger partial charge >= 0.3 is 6.18 Å². The summed E-state index contributed by atoms with van der Waals surface area (Å²) in [7, 11) is -3.90. The molecule has 3 fully saturated rings. The molecule has 2 saturated carbocycles. The smallest absolute Gasteiger partial charge is 0.416 e. The molecule has 5 atom stereocenters. The summed E-state index contributed by atoms with van der Waals surface area (Å²) in [5.41, 5.74) is 0.0502. The Morgan fingerprint density at radius 1 is 0.984 bits per heavy atom. The van der Waals surface area contributed by atoms with Gasteiger partial charge in [-0.3, -0.25) is 19.1 Å². The predicted octanol–water partition coefficient (Wildman–Crippen LogP) is 9.02. The zero-order valence-corrected chi connectivity index (χ0v) is 35.1. The topological polar surface area (TPSA) is 149 Å². The fourth-order valence-corrected chi connectivity index (χ4v) is 10.6. The second-order valence-corrected chi connectivity index (χ2v) is 19.5. The van der Waals surface area contributed by atoms with Crippen LogP contribution in [0.2, 0.25) is 5.02 Å². The third-order valence-electron chi connectivity index (χ3n) is 12.6. The number of carbonyl (C=O) groups is 3. The van der Waals surface area contributed by atoms with Gasteiger partial charge in [-0.25, -0.2) is 13.4 Å². The first-order valence-corrected chi connectivity index (χ1v) is 22.9. The molecule has 2 aliphatic carbocycles. The van der Waals surface area contributed by atoms with E-state index in [4.69, 9.17) is 25.7 Å². The van der Waals surface area contributed by atoms with Crippen LogP contribution in [-0.2, 0) is 37.0 Å². The van der Waals surface area contributed by atoms with Crippen molar-refractivity contribution in [3.8, 4) is 17.3 Å². The summed E-state index contributed by atoms with van der Waals surface area (Å²) >= 11 is 6.36. The monoisotopic (exact) mass is 888 g/mol. The molecule has 2 amide bonds. The van der Waals surface area contributed by atoms with E-state index in [1.807, 2.05) is 30.4 Å². The van der Waals surface area contributed by atoms with Gasteiger partial charge in [-0.2, -0.15) is 18.2 Å². The number of sulfonamides is 1. The van der Waals surface area contributed by atoms with Crippen LogP contribution in [0.4, 0.5) is 13.2 Å². The highest BCUT2D eigenvalue weighted by Crippen LogP contribution is 2.57. The summed E-state index contributed by atoms with van der Waals surface area (Å²) in [6.45, 7) is -0.0266. The fourth-order valence-electron chi connectivity index (χ4n) is 9.01. The highest BCUT2D eigenvalue weighted by Gasteiger charge is 2.61. The number of nitrogens with one attached hydrogen (secondary N) is 1. The van der Waals surface area contributed by atoms with Gasteiger partial charge in [-0.1, -0.05) is 73.0 Å². The van der Waals surface area contributed by atoms with E-state index < -0.39 is 62.2 Å². The number of ether oxygens (including phenoxy) is 1. The van der Waals surface area contributed by atoms with Crippen molar-refractivity contribution >= 4 is 61.3 Å². The van der Waals surface area contributed by atoms with Crippen LogP contribution >= 0.6 is 11.6 Å². The van der Waals surface area contributed by atoms with Gasteiger partial charge in [0.05, 0.1) is 28.8 Å². The first kappa shape index (κ1) is 42.0. The number of ketones is 1. The third kappa shape index (κ3) is 8.57. The van der Waals surface area contributed by atoms with Crippen LogP contribution in [0.3, 0.4) is 0 Å². The Labute approximate surface area is 361 Å². The molecule has 4 heterocycles. The Kier molecular flexibility index (Phi) is 11.2. The fraction of sp³-hybridized carbons (Fsp3) is 0.413. The molecule has 1 saturated heterocycles. The van der Waals surface area contributed by atoms with E-state index in [9.17, 15) is 36.0 Å². The maximum absolute atomic E-state index is 14.9. The number of carbonyl (C=O) groups excluding carboxylic acids is 3. The third-order valence-corrected chi connectivity index (χ3v) is 14.7. The van der Waals surface area contributed by atoms with Crippen LogP contribution in [0.5, 0.6) is 5.88 Å². The van der Waals surface area contributed by atoms with Crippen molar-refractivity contribution in [1.82, 2.24) is 19.6 Å². The Bertz CT molecular complexity index is 2700. The lowest BCUT2D eigenvalue weighted by molar-refractivity contribution is -0.142. The van der Waals surface area contributed by atoms with E-state index in [0.29, 0.717) is 52.8 Å². The van der Waals surface area contributed by atoms with Crippen molar-refractivity contribution in [3.05, 3.63) is 101 Å². The molecule has 3 aromatic carbocycles. The van der Waals surface area contributed by atoms with Crippen molar-refractivity contribution in [2.24, 2.45) is 17.3 Å². The average molecular weight is 889 g/mol. The van der Waals surface area contributed by atoms with Crippen molar-refractivity contribution in [2.45, 2.75) is 94.2 Å². The standard InChI is InChI=1S/C46H44ClF3N4O7S/c47-32-12-8-9-27(22-32)21-29-10-4-2-1-3-5-11-31-24-45(31,44(57)53-62(58,59)34-19-20-34)25-37(55)36-23-33(26-54(36)43(29)56)60-42-40-39(35-13-6-7-14-38(35)61-40)51-41(52-42)28-15-17-30(18-16-28)46(48,49)50/h5-9,11-18,22,29,31,33-34,36H,1-4,10,19-21,23-26H2,(H,53,57)/b11-5-/t29-,31-,33-,36+,45-/m1/s1. The largest absolute Gasteiger partial charge is 0.470 e. The van der Waals surface area contributed by atoms with Gasteiger partial charge in [0, 0.05) is 34.7 Å². The van der Waals surface area contributed by atoms with E-state index in [1.54, 1.807) is 30.3 Å². The maximum Gasteiger partial charge on any atom is 0.416 e. The lowest BCUT2D eigenvalue weighted by Gasteiger charge is -2.29. The Morgan fingerprint density at radius 3 is 2.53 bits per heavy atom. The van der Waals surface area contributed by atoms with Gasteiger partial charge in [0.15, 0.2) is 11.6 Å². The quantitative estimate of drug-likeness (QED) is 0.151. The number of allylic oxidation sites excluding steroid dienone is 2. The summed E-state index contributed by atoms with van der Waals surface area (Å²) in [5.74, 6) is -2.17. The van der Waals surface area contributed by atoms with Gasteiger partial charge in [0.2, 0.25) is 27.4 Å². The second-order valence-electron chi connectivity index (χ2n) is 17.1. The number of fused-ring (bicyclic) bond motifs is 5. The number of aromatic nitrogens is 2. The first-order valence-electron chi connectivity index (χ1n) is 21.0. The number of para-hydroxylation sites is 1. The summed E-state index contributed by atoms with van der Waals surface area (Å²) in [6.07, 6.45) is 3.62. The summed E-state index contributed by atoms with van der Waals surface area (Å²) < 4.78 is 81.5. The van der Waals surface area contributed by atoms with Gasteiger partial charge in [-0.05, 0) is 92.8 Å². The number of hydrogen-bond acceptors (Lipinski definition) is 9. The molecule has 0 spiro atoms. The maximum atomic E-state index is 14.9. The van der Waals surface area contributed by atoms with E-state index in [1.165, 1.54) is 17.0 Å². The Morgan fingerprint density at radius 2 is 1.77 bits per heavy atom. The second kappa shape index (κ2) is 16.4. The molecule has 16 heteroatoms. The lowest BCUT2D eigenvalue weighted by atomic mass is 9.90. The predicted molar refractivity (Wildman–Crippen MR) is 225 cm³/mol. The van der Waals surface area contributed by atoms with Crippen molar-refractivity contribution in [2.75, 3.05) is 6.54 Å². The number of hydrogen-bond donors (Lipinski definition) is 1. The van der Waals surface area contributed by atoms with Crippen LogP contribution < -0.4 is 9.46 Å². The molecule has 0 unspecified atom stereocenters. The van der Waals surface area contributed by atoms with Crippen molar-refractivity contribution in [1.29, 1.82) is 0 Å². The zero-order chi connectivity index (χ0) is 43.4. The SMILES string of the molecule is O=C1C[C@]2(C(=O)NS(=O)(=O)C3CC3)C[C@H]2/C=C\CCCCC[C@H](Cc2cccc(Cl)c2)C(=O)N2C[C@H](Oc3nc(-c4ccc(C(F)(F)F)cc4)nc4c3oc3ccccc34)C[C@@H]12. The molecule has 9 rings (SSSR count). The van der Waals surface area contributed by atoms with E-state index in [0.717, 1.165) is 43.4 Å². The molecule has 0 radical (unpaired) electrons. The molecule has 11 nitrogen and oxygen atoms in total. The Balaban J connectivity index is 1.07.